The molecule has 1 aromatic heterocycles. The average molecular weight is 455 g/mol. The van der Waals surface area contributed by atoms with Crippen LogP contribution in [-0.4, -0.2) is 10.8 Å². The molecule has 5 nitrogen and oxygen atoms in total. The fourth-order valence-electron chi connectivity index (χ4n) is 3.69. The maximum Gasteiger partial charge on any atom is 0.269 e. The van der Waals surface area contributed by atoms with E-state index in [0.29, 0.717) is 0 Å². The Kier molecular flexibility index (Phi) is 5.17. The first-order chi connectivity index (χ1) is 14.2. The van der Waals surface area contributed by atoms with Crippen molar-refractivity contribution in [3.8, 4) is 11.1 Å². The molecule has 0 fully saturated rings. The summed E-state index contributed by atoms with van der Waals surface area (Å²) >= 11 is 5.61. The van der Waals surface area contributed by atoms with E-state index in [1.54, 1.807) is 38.9 Å². The largest absolute Gasteiger partial charge is 0.298 e. The molecule has 0 atom stereocenters. The number of benzene rings is 2. The number of nitro benzene ring substituents is 1. The molecule has 2 aromatic carbocycles. The number of anilines is 1. The first-order valence-corrected chi connectivity index (χ1v) is 11.8. The number of non-ortho nitro benzene ring substituents is 1. The summed E-state index contributed by atoms with van der Waals surface area (Å²) in [4.78, 5) is 26.6. The molecule has 4 rings (SSSR count). The van der Waals surface area contributed by atoms with E-state index in [2.05, 4.69) is 6.07 Å². The topological polar surface area (TPSA) is 63.5 Å². The zero-order valence-electron chi connectivity index (χ0n) is 16.5. The van der Waals surface area contributed by atoms with E-state index in [4.69, 9.17) is 12.2 Å². The number of fused-ring (bicyclic) bond motifs is 3. The van der Waals surface area contributed by atoms with Crippen molar-refractivity contribution in [2.45, 2.75) is 26.3 Å². The monoisotopic (exact) mass is 454 g/mol. The van der Waals surface area contributed by atoms with Gasteiger partial charge in [-0.2, -0.15) is 0 Å². The highest BCUT2D eigenvalue weighted by Gasteiger charge is 2.42. The third kappa shape index (κ3) is 3.40. The number of nitrogens with zero attached hydrogens (tertiary/aromatic N) is 2. The summed E-state index contributed by atoms with van der Waals surface area (Å²) in [6, 6.07) is 12.2. The molecule has 30 heavy (non-hydrogen) atoms. The van der Waals surface area contributed by atoms with E-state index >= 15 is 0 Å². The van der Waals surface area contributed by atoms with Crippen LogP contribution in [0.1, 0.15) is 29.9 Å². The van der Waals surface area contributed by atoms with Gasteiger partial charge < -0.3 is 0 Å². The van der Waals surface area contributed by atoms with Gasteiger partial charge in [-0.15, -0.1) is 0 Å². The summed E-state index contributed by atoms with van der Waals surface area (Å²) < 4.78 is 0.850. The normalized spacial score (nSPS) is 14.4. The Bertz CT molecular complexity index is 1250. The summed E-state index contributed by atoms with van der Waals surface area (Å²) in [5.74, 6) is -0.154. The van der Waals surface area contributed by atoms with Gasteiger partial charge in [0.2, 0.25) is 0 Å². The molecule has 2 heterocycles. The van der Waals surface area contributed by atoms with Gasteiger partial charge in [0.05, 0.1) is 21.0 Å². The number of hydrogen-bond acceptors (Lipinski definition) is 6. The Morgan fingerprint density at radius 1 is 1.17 bits per heavy atom. The van der Waals surface area contributed by atoms with Crippen molar-refractivity contribution >= 4 is 56.3 Å². The summed E-state index contributed by atoms with van der Waals surface area (Å²) in [5, 5.41) is 10.8. The summed E-state index contributed by atoms with van der Waals surface area (Å²) in [6.45, 7) is 6.09. The number of carbonyl (C=O) groups excluding carboxylic acids is 1. The maximum absolute atomic E-state index is 13.3. The fraction of sp³-hybridized carbons (Fsp3) is 0.182. The van der Waals surface area contributed by atoms with Gasteiger partial charge in [-0.25, -0.2) is 0 Å². The smallest absolute Gasteiger partial charge is 0.269 e. The van der Waals surface area contributed by atoms with E-state index in [9.17, 15) is 14.9 Å². The second kappa shape index (κ2) is 7.54. The Morgan fingerprint density at radius 2 is 1.87 bits per heavy atom. The van der Waals surface area contributed by atoms with Gasteiger partial charge in [0, 0.05) is 29.3 Å². The summed E-state index contributed by atoms with van der Waals surface area (Å²) in [6.07, 6.45) is 3.20. The summed E-state index contributed by atoms with van der Waals surface area (Å²) in [7, 11) is 3.19. The molecule has 0 saturated carbocycles. The van der Waals surface area contributed by atoms with E-state index in [1.165, 1.54) is 18.2 Å². The molecule has 1 aliphatic heterocycles. The van der Waals surface area contributed by atoms with Crippen molar-refractivity contribution in [1.29, 1.82) is 0 Å². The number of amides is 1. The van der Waals surface area contributed by atoms with Gasteiger partial charge in [0.1, 0.15) is 3.82 Å². The van der Waals surface area contributed by atoms with Crippen LogP contribution in [0.5, 0.6) is 0 Å². The van der Waals surface area contributed by atoms with Gasteiger partial charge in [-0.1, -0.05) is 44.5 Å². The number of nitro groups is 1. The van der Waals surface area contributed by atoms with Crippen LogP contribution in [0.25, 0.3) is 17.2 Å². The lowest BCUT2D eigenvalue weighted by atomic mass is 9.86. The van der Waals surface area contributed by atoms with Crippen LogP contribution < -0.4 is 4.90 Å². The highest BCUT2D eigenvalue weighted by atomic mass is 32.9. The van der Waals surface area contributed by atoms with Gasteiger partial charge >= 0.3 is 0 Å². The van der Waals surface area contributed by atoms with E-state index in [-0.39, 0.29) is 11.6 Å². The van der Waals surface area contributed by atoms with Gasteiger partial charge in [0.25, 0.3) is 11.6 Å². The summed E-state index contributed by atoms with van der Waals surface area (Å²) in [5.41, 5.74) is 4.20. The first kappa shape index (κ1) is 20.6. The molecule has 8 heteroatoms. The predicted molar refractivity (Wildman–Crippen MR) is 126 cm³/mol. The van der Waals surface area contributed by atoms with Crippen molar-refractivity contribution in [2.24, 2.45) is 0 Å². The molecule has 0 aliphatic carbocycles. The quantitative estimate of drug-likeness (QED) is 0.145. The van der Waals surface area contributed by atoms with Crippen LogP contribution in [-0.2, 0) is 10.3 Å². The van der Waals surface area contributed by atoms with Crippen molar-refractivity contribution < 1.29 is 9.72 Å². The van der Waals surface area contributed by atoms with E-state index < -0.39 is 10.5 Å². The van der Waals surface area contributed by atoms with Crippen LogP contribution in [0.2, 0.25) is 0 Å². The van der Waals surface area contributed by atoms with Crippen LogP contribution in [0.15, 0.2) is 48.5 Å². The van der Waals surface area contributed by atoms with Crippen LogP contribution >= 0.6 is 32.9 Å². The van der Waals surface area contributed by atoms with Crippen LogP contribution in [0.4, 0.5) is 11.4 Å². The third-order valence-corrected chi connectivity index (χ3v) is 8.48. The van der Waals surface area contributed by atoms with Crippen molar-refractivity contribution in [2.75, 3.05) is 4.90 Å². The molecule has 0 bridgehead atoms. The maximum atomic E-state index is 13.3. The van der Waals surface area contributed by atoms with Gasteiger partial charge in [-0.05, 0) is 56.7 Å². The third-order valence-electron chi connectivity index (χ3n) is 5.15. The second-order valence-electron chi connectivity index (χ2n) is 7.59. The van der Waals surface area contributed by atoms with Crippen molar-refractivity contribution in [3.05, 3.63) is 78.5 Å². The Hall–Kier alpha value is -2.68. The fourth-order valence-corrected chi connectivity index (χ4v) is 6.97. The minimum Gasteiger partial charge on any atom is -0.298 e. The van der Waals surface area contributed by atoms with Crippen molar-refractivity contribution in [3.63, 3.8) is 0 Å². The SMILES string of the molecule is Cc1ccc2c(c1)-c1c(ssc1=S)C(C)(C)N2C(=O)/C=C/c1ccc([N+](=O)[O-])cc1. The molecule has 1 aliphatic rings. The molecular formula is C22H18N2O3S3. The molecule has 3 aromatic rings. The lowest BCUT2D eigenvalue weighted by Crippen LogP contribution is -2.47. The molecule has 0 radical (unpaired) electrons. The Labute approximate surface area is 186 Å². The lowest BCUT2D eigenvalue weighted by molar-refractivity contribution is -0.384. The first-order valence-electron chi connectivity index (χ1n) is 9.21. The van der Waals surface area contributed by atoms with Crippen LogP contribution in [0, 0.1) is 20.9 Å². The van der Waals surface area contributed by atoms with E-state index in [0.717, 1.165) is 36.6 Å². The minimum absolute atomic E-state index is 0.0196. The van der Waals surface area contributed by atoms with E-state index in [1.807, 2.05) is 37.8 Å². The zero-order chi connectivity index (χ0) is 21.6. The van der Waals surface area contributed by atoms with Crippen LogP contribution in [0.3, 0.4) is 0 Å². The van der Waals surface area contributed by atoms with Gasteiger partial charge in [0.15, 0.2) is 0 Å². The lowest BCUT2D eigenvalue weighted by Gasteiger charge is -2.42. The molecule has 0 unspecified atom stereocenters. The minimum atomic E-state index is -0.549. The Balaban J connectivity index is 1.75. The highest BCUT2D eigenvalue weighted by molar-refractivity contribution is 7.80. The average Bonchev–Trinajstić information content (AvgIpc) is 3.10. The molecule has 0 saturated heterocycles. The molecule has 0 spiro atoms. The van der Waals surface area contributed by atoms with Crippen molar-refractivity contribution in [1.82, 2.24) is 0 Å². The standard InChI is InChI=1S/C22H18N2O3S3/c1-13-4-10-17-16(12-13)19-20(29-30-21(19)28)22(2,3)23(17)18(25)11-7-14-5-8-15(9-6-14)24(26)27/h4-12H,1-3H3/b11-7+. The number of aryl methyl sites for hydroxylation is 1. The molecular weight excluding hydrogens is 436 g/mol. The molecule has 0 N–H and O–H groups in total. The second-order valence-corrected chi connectivity index (χ2v) is 10.4. The highest BCUT2D eigenvalue weighted by Crippen LogP contribution is 2.52. The number of rotatable bonds is 3. The number of carbonyl (C=O) groups is 1. The number of hydrogen-bond donors (Lipinski definition) is 0. The zero-order valence-corrected chi connectivity index (χ0v) is 19.0. The molecule has 152 valence electrons. The van der Waals surface area contributed by atoms with Gasteiger partial charge in [-0.3, -0.25) is 19.8 Å². The molecule has 1 amide bonds. The Morgan fingerprint density at radius 3 is 2.53 bits per heavy atom. The predicted octanol–water partition coefficient (Wildman–Crippen LogP) is 6.72.